The Bertz CT molecular complexity index is 289. The van der Waals surface area contributed by atoms with Crippen LogP contribution in [0, 0.1) is 0 Å². The predicted molar refractivity (Wildman–Crippen MR) is 108 cm³/mol. The summed E-state index contributed by atoms with van der Waals surface area (Å²) >= 11 is -2.08. The van der Waals surface area contributed by atoms with Gasteiger partial charge in [0.2, 0.25) is 0 Å². The van der Waals surface area contributed by atoms with Crippen LogP contribution >= 0.6 is 0 Å². The Morgan fingerprint density at radius 3 is 2.08 bits per heavy atom. The molecule has 0 aliphatic carbocycles. The topological polar surface area (TPSA) is 18.5 Å². The fourth-order valence-corrected chi connectivity index (χ4v) is 18.1. The van der Waals surface area contributed by atoms with Gasteiger partial charge in [-0.2, -0.15) is 0 Å². The van der Waals surface area contributed by atoms with Crippen molar-refractivity contribution in [3.8, 4) is 0 Å². The van der Waals surface area contributed by atoms with Crippen molar-refractivity contribution in [2.24, 2.45) is 0 Å². The van der Waals surface area contributed by atoms with Gasteiger partial charge in [0.1, 0.15) is 0 Å². The normalized spacial score (nSPS) is 19.2. The number of ether oxygens (including phenoxy) is 2. The van der Waals surface area contributed by atoms with Crippen molar-refractivity contribution in [3.63, 3.8) is 0 Å². The summed E-state index contributed by atoms with van der Waals surface area (Å²) in [6, 6.07) is 0. The van der Waals surface area contributed by atoms with Crippen LogP contribution in [0.4, 0.5) is 0 Å². The molecular weight excluding hydrogens is 403 g/mol. The number of unbranched alkanes of at least 4 members (excludes halogenated alkanes) is 3. The van der Waals surface area contributed by atoms with Crippen molar-refractivity contribution in [1.82, 2.24) is 0 Å². The Morgan fingerprint density at radius 1 is 0.958 bits per heavy atom. The monoisotopic (exact) mass is 446 g/mol. The molecule has 0 bridgehead atoms. The van der Waals surface area contributed by atoms with E-state index in [1.807, 2.05) is 0 Å². The molecule has 0 amide bonds. The minimum atomic E-state index is -2.08. The van der Waals surface area contributed by atoms with E-state index in [0.717, 1.165) is 17.8 Å². The molecule has 1 aliphatic heterocycles. The van der Waals surface area contributed by atoms with Gasteiger partial charge in [-0.3, -0.25) is 0 Å². The number of hydrogen-bond acceptors (Lipinski definition) is 2. The molecule has 1 heterocycles. The molecule has 142 valence electrons. The number of hydrogen-bond donors (Lipinski definition) is 0. The summed E-state index contributed by atoms with van der Waals surface area (Å²) in [4.78, 5) is 0. The van der Waals surface area contributed by atoms with Crippen molar-refractivity contribution < 1.29 is 9.47 Å². The Morgan fingerprint density at radius 2 is 1.58 bits per heavy atom. The molecule has 1 fully saturated rings. The SMILES string of the molecule is CCC[CH2][Sn]([CH2]CCC)([CH2]CCC)[CH2]OC/C=C\C1CCCCO1. The second kappa shape index (κ2) is 14.6. The van der Waals surface area contributed by atoms with Crippen LogP contribution < -0.4 is 0 Å². The van der Waals surface area contributed by atoms with Crippen LogP contribution in [0.3, 0.4) is 0 Å². The second-order valence-electron chi connectivity index (χ2n) is 7.66. The molecule has 1 aliphatic rings. The Hall–Kier alpha value is 0.459. The predicted octanol–water partition coefficient (Wildman–Crippen LogP) is 6.52. The zero-order valence-corrected chi connectivity index (χ0v) is 19.5. The van der Waals surface area contributed by atoms with Crippen LogP contribution in [0.1, 0.15) is 78.6 Å². The van der Waals surface area contributed by atoms with Crippen LogP contribution in [0.25, 0.3) is 0 Å². The fraction of sp³-hybridized carbons (Fsp3) is 0.905. The van der Waals surface area contributed by atoms with Gasteiger partial charge in [0.05, 0.1) is 0 Å². The third-order valence-electron chi connectivity index (χ3n) is 5.37. The molecular formula is C21H42O2Sn. The summed E-state index contributed by atoms with van der Waals surface area (Å²) in [5.41, 5.74) is 0. The first kappa shape index (κ1) is 22.5. The standard InChI is InChI=1S/C9H15O2.3C4H9.Sn/c1-10-7-4-6-9-5-2-3-8-11-9;3*1-3-4-2;/h4,6,9H,1-3,5,7-8H2;3*1,3-4H2,2H3;/b6-4-;;;;. The molecule has 0 aromatic carbocycles. The Labute approximate surface area is 155 Å². The third-order valence-corrected chi connectivity index (χ3v) is 19.8. The average molecular weight is 445 g/mol. The summed E-state index contributed by atoms with van der Waals surface area (Å²) in [7, 11) is 0. The zero-order chi connectivity index (χ0) is 17.5. The van der Waals surface area contributed by atoms with E-state index >= 15 is 0 Å². The van der Waals surface area contributed by atoms with Gasteiger partial charge in [-0.05, 0) is 0 Å². The van der Waals surface area contributed by atoms with E-state index in [1.165, 1.54) is 57.8 Å². The van der Waals surface area contributed by atoms with Gasteiger partial charge >= 0.3 is 156 Å². The summed E-state index contributed by atoms with van der Waals surface area (Å²) in [5.74, 6) is 0. The van der Waals surface area contributed by atoms with Gasteiger partial charge in [-0.1, -0.05) is 0 Å². The van der Waals surface area contributed by atoms with Crippen molar-refractivity contribution >= 4 is 18.4 Å². The van der Waals surface area contributed by atoms with Crippen LogP contribution in [0.2, 0.25) is 13.3 Å². The van der Waals surface area contributed by atoms with E-state index < -0.39 is 18.4 Å². The van der Waals surface area contributed by atoms with Crippen LogP contribution in [-0.2, 0) is 9.47 Å². The van der Waals surface area contributed by atoms with Crippen LogP contribution in [-0.4, -0.2) is 42.3 Å². The molecule has 24 heavy (non-hydrogen) atoms. The summed E-state index contributed by atoms with van der Waals surface area (Å²) in [6.45, 7) is 8.74. The molecule has 0 aromatic heterocycles. The van der Waals surface area contributed by atoms with E-state index in [2.05, 4.69) is 32.9 Å². The van der Waals surface area contributed by atoms with E-state index in [0.29, 0.717) is 6.10 Å². The van der Waals surface area contributed by atoms with Crippen molar-refractivity contribution in [1.29, 1.82) is 0 Å². The maximum absolute atomic E-state index is 6.23. The van der Waals surface area contributed by atoms with E-state index in [-0.39, 0.29) is 0 Å². The first-order valence-corrected chi connectivity index (χ1v) is 18.7. The van der Waals surface area contributed by atoms with E-state index in [1.54, 1.807) is 13.3 Å². The van der Waals surface area contributed by atoms with Crippen molar-refractivity contribution in [3.05, 3.63) is 12.2 Å². The summed E-state index contributed by atoms with van der Waals surface area (Å²) in [6.07, 6.45) is 16.8. The molecule has 0 N–H and O–H groups in total. The first-order valence-electron chi connectivity index (χ1n) is 10.6. The van der Waals surface area contributed by atoms with Gasteiger partial charge in [-0.25, -0.2) is 0 Å². The molecule has 0 radical (unpaired) electrons. The second-order valence-corrected chi connectivity index (χ2v) is 21.3. The van der Waals surface area contributed by atoms with Crippen LogP contribution in [0.5, 0.6) is 0 Å². The Kier molecular flexibility index (Phi) is 13.7. The van der Waals surface area contributed by atoms with E-state index in [9.17, 15) is 0 Å². The van der Waals surface area contributed by atoms with Gasteiger partial charge in [0, 0.05) is 0 Å². The van der Waals surface area contributed by atoms with Crippen molar-refractivity contribution in [2.45, 2.75) is 98.0 Å². The molecule has 1 saturated heterocycles. The molecule has 2 nitrogen and oxygen atoms in total. The van der Waals surface area contributed by atoms with Gasteiger partial charge in [0.25, 0.3) is 0 Å². The molecule has 1 atom stereocenters. The maximum atomic E-state index is 6.23. The third kappa shape index (κ3) is 9.82. The molecule has 0 aromatic rings. The molecule has 0 spiro atoms. The van der Waals surface area contributed by atoms with Gasteiger partial charge in [-0.15, -0.1) is 0 Å². The molecule has 1 rings (SSSR count). The summed E-state index contributed by atoms with van der Waals surface area (Å²) < 4.78 is 17.8. The average Bonchev–Trinajstić information content (AvgIpc) is 2.63. The van der Waals surface area contributed by atoms with E-state index in [4.69, 9.17) is 9.47 Å². The quantitative estimate of drug-likeness (QED) is 0.172. The van der Waals surface area contributed by atoms with Crippen molar-refractivity contribution in [2.75, 3.05) is 17.8 Å². The Balaban J connectivity index is 2.43. The number of rotatable bonds is 14. The molecule has 1 unspecified atom stereocenters. The minimum absolute atomic E-state index is 0.343. The van der Waals surface area contributed by atoms with Gasteiger partial charge in [0.15, 0.2) is 0 Å². The van der Waals surface area contributed by atoms with Crippen LogP contribution in [0.15, 0.2) is 12.2 Å². The fourth-order valence-electron chi connectivity index (χ4n) is 3.72. The molecule has 0 saturated carbocycles. The summed E-state index contributed by atoms with van der Waals surface area (Å²) in [5, 5.41) is 0. The first-order chi connectivity index (χ1) is 11.8. The van der Waals surface area contributed by atoms with Gasteiger partial charge < -0.3 is 0 Å². The molecule has 3 heteroatoms. The zero-order valence-electron chi connectivity index (χ0n) is 16.7.